The lowest BCUT2D eigenvalue weighted by molar-refractivity contribution is -0.144. The Hall–Kier alpha value is -2.59. The molecule has 1 N–H and O–H groups in total. The summed E-state index contributed by atoms with van der Waals surface area (Å²) in [6.07, 6.45) is 6.84. The molecule has 1 fully saturated rings. The van der Waals surface area contributed by atoms with E-state index in [0.717, 1.165) is 42.6 Å². The number of amides is 1. The molecule has 1 saturated carbocycles. The second-order valence-electron chi connectivity index (χ2n) is 7.12. The maximum Gasteiger partial charge on any atom is 0.349 e. The molecule has 0 spiro atoms. The van der Waals surface area contributed by atoms with E-state index in [1.54, 1.807) is 7.11 Å². The van der Waals surface area contributed by atoms with Crippen LogP contribution < -0.4 is 5.32 Å². The van der Waals surface area contributed by atoms with Crippen molar-refractivity contribution in [2.24, 2.45) is 0 Å². The fourth-order valence-electron chi connectivity index (χ4n) is 3.52. The van der Waals surface area contributed by atoms with Gasteiger partial charge in [-0.3, -0.25) is 4.79 Å². The SMILES string of the molecule is COCCn1c(C)cc(C=C(C#N)C(=O)OCC(=O)NC2CCCCC2)c1C. The molecule has 0 radical (unpaired) electrons. The van der Waals surface area contributed by atoms with Crippen LogP contribution in [0.15, 0.2) is 11.6 Å². The molecule has 1 amide bonds. The van der Waals surface area contributed by atoms with Gasteiger partial charge in [-0.2, -0.15) is 5.26 Å². The Labute approximate surface area is 166 Å². The monoisotopic (exact) mass is 387 g/mol. The predicted octanol–water partition coefficient (Wildman–Crippen LogP) is 2.65. The highest BCUT2D eigenvalue weighted by Gasteiger charge is 2.18. The number of nitrogens with zero attached hydrogens (tertiary/aromatic N) is 2. The fourth-order valence-corrected chi connectivity index (χ4v) is 3.52. The molecule has 1 aromatic heterocycles. The van der Waals surface area contributed by atoms with E-state index in [0.29, 0.717) is 13.2 Å². The third-order valence-corrected chi connectivity index (χ3v) is 5.08. The Morgan fingerprint density at radius 1 is 1.32 bits per heavy atom. The van der Waals surface area contributed by atoms with E-state index in [1.165, 1.54) is 12.5 Å². The van der Waals surface area contributed by atoms with Crippen LogP contribution >= 0.6 is 0 Å². The summed E-state index contributed by atoms with van der Waals surface area (Å²) in [6.45, 7) is 4.77. The van der Waals surface area contributed by atoms with Gasteiger partial charge < -0.3 is 19.4 Å². The van der Waals surface area contributed by atoms with Crippen molar-refractivity contribution < 1.29 is 19.1 Å². The highest BCUT2D eigenvalue weighted by atomic mass is 16.5. The minimum absolute atomic E-state index is 0.127. The fraction of sp³-hybridized carbons (Fsp3) is 0.571. The zero-order chi connectivity index (χ0) is 20.5. The van der Waals surface area contributed by atoms with Gasteiger partial charge in [0, 0.05) is 31.1 Å². The minimum Gasteiger partial charge on any atom is -0.451 e. The van der Waals surface area contributed by atoms with Crippen molar-refractivity contribution in [3.8, 4) is 6.07 Å². The molecule has 0 bridgehead atoms. The van der Waals surface area contributed by atoms with Crippen LogP contribution in [0.5, 0.6) is 0 Å². The summed E-state index contributed by atoms with van der Waals surface area (Å²) in [5, 5.41) is 12.2. The summed E-state index contributed by atoms with van der Waals surface area (Å²) in [7, 11) is 1.64. The smallest absolute Gasteiger partial charge is 0.349 e. The Balaban J connectivity index is 1.97. The van der Waals surface area contributed by atoms with Crippen LogP contribution in [0.3, 0.4) is 0 Å². The van der Waals surface area contributed by atoms with Gasteiger partial charge in [-0.05, 0) is 44.4 Å². The van der Waals surface area contributed by atoms with Crippen LogP contribution in [0, 0.1) is 25.2 Å². The van der Waals surface area contributed by atoms with E-state index >= 15 is 0 Å². The number of hydrogen-bond donors (Lipinski definition) is 1. The summed E-state index contributed by atoms with van der Waals surface area (Å²) < 4.78 is 12.2. The molecular weight excluding hydrogens is 358 g/mol. The van der Waals surface area contributed by atoms with Crippen LogP contribution in [-0.2, 0) is 25.6 Å². The number of aryl methyl sites for hydroxylation is 1. The number of carbonyl (C=O) groups excluding carboxylic acids is 2. The average Bonchev–Trinajstić information content (AvgIpc) is 2.96. The quantitative estimate of drug-likeness (QED) is 0.420. The number of carbonyl (C=O) groups is 2. The molecule has 28 heavy (non-hydrogen) atoms. The molecule has 7 nitrogen and oxygen atoms in total. The maximum atomic E-state index is 12.2. The lowest BCUT2D eigenvalue weighted by Gasteiger charge is -2.22. The predicted molar refractivity (Wildman–Crippen MR) is 105 cm³/mol. The van der Waals surface area contributed by atoms with Gasteiger partial charge in [-0.1, -0.05) is 19.3 Å². The van der Waals surface area contributed by atoms with Crippen molar-refractivity contribution >= 4 is 18.0 Å². The second kappa shape index (κ2) is 10.7. The molecule has 1 aliphatic rings. The second-order valence-corrected chi connectivity index (χ2v) is 7.12. The minimum atomic E-state index is -0.789. The number of esters is 1. The molecule has 0 aliphatic heterocycles. The van der Waals surface area contributed by atoms with E-state index in [2.05, 4.69) is 9.88 Å². The number of methoxy groups -OCH3 is 1. The topological polar surface area (TPSA) is 93.3 Å². The highest BCUT2D eigenvalue weighted by molar-refractivity contribution is 5.99. The van der Waals surface area contributed by atoms with Gasteiger partial charge in [0.25, 0.3) is 5.91 Å². The van der Waals surface area contributed by atoms with Crippen LogP contribution in [0.25, 0.3) is 6.08 Å². The van der Waals surface area contributed by atoms with Crippen molar-refractivity contribution in [1.29, 1.82) is 5.26 Å². The number of nitrogens with one attached hydrogen (secondary N) is 1. The zero-order valence-electron chi connectivity index (χ0n) is 16.9. The maximum absolute atomic E-state index is 12.2. The summed E-state index contributed by atoms with van der Waals surface area (Å²) in [6, 6.07) is 3.94. The third-order valence-electron chi connectivity index (χ3n) is 5.08. The van der Waals surface area contributed by atoms with E-state index in [9.17, 15) is 14.9 Å². The van der Waals surface area contributed by atoms with E-state index in [-0.39, 0.29) is 24.1 Å². The molecule has 7 heteroatoms. The molecule has 1 aliphatic carbocycles. The Morgan fingerprint density at radius 2 is 2.04 bits per heavy atom. The largest absolute Gasteiger partial charge is 0.451 e. The van der Waals surface area contributed by atoms with Gasteiger partial charge in [0.15, 0.2) is 6.61 Å². The normalized spacial score (nSPS) is 15.1. The van der Waals surface area contributed by atoms with Gasteiger partial charge in [-0.15, -0.1) is 0 Å². The summed E-state index contributed by atoms with van der Waals surface area (Å²) in [5.74, 6) is -1.11. The lowest BCUT2D eigenvalue weighted by Crippen LogP contribution is -2.38. The van der Waals surface area contributed by atoms with Crippen molar-refractivity contribution in [2.75, 3.05) is 20.3 Å². The van der Waals surface area contributed by atoms with Crippen molar-refractivity contribution in [3.63, 3.8) is 0 Å². The highest BCUT2D eigenvalue weighted by Crippen LogP contribution is 2.19. The summed E-state index contributed by atoms with van der Waals surface area (Å²) in [4.78, 5) is 24.2. The molecule has 0 saturated heterocycles. The first-order valence-corrected chi connectivity index (χ1v) is 9.70. The van der Waals surface area contributed by atoms with E-state index < -0.39 is 5.97 Å². The number of nitriles is 1. The Kier molecular flexibility index (Phi) is 8.27. The van der Waals surface area contributed by atoms with Gasteiger partial charge in [0.2, 0.25) is 0 Å². The first kappa shape index (κ1) is 21.7. The van der Waals surface area contributed by atoms with Crippen molar-refractivity contribution in [1.82, 2.24) is 9.88 Å². The zero-order valence-corrected chi connectivity index (χ0v) is 16.9. The molecule has 0 atom stereocenters. The molecule has 152 valence electrons. The number of hydrogen-bond acceptors (Lipinski definition) is 5. The van der Waals surface area contributed by atoms with Crippen LogP contribution in [0.4, 0.5) is 0 Å². The number of ether oxygens (including phenoxy) is 2. The average molecular weight is 387 g/mol. The van der Waals surface area contributed by atoms with Crippen molar-refractivity contribution in [2.45, 2.75) is 58.5 Å². The van der Waals surface area contributed by atoms with Crippen LogP contribution in [-0.4, -0.2) is 42.8 Å². The molecule has 2 rings (SSSR count). The Morgan fingerprint density at radius 3 is 2.68 bits per heavy atom. The molecule has 1 heterocycles. The summed E-state index contributed by atoms with van der Waals surface area (Å²) >= 11 is 0. The van der Waals surface area contributed by atoms with Gasteiger partial charge in [0.05, 0.1) is 6.61 Å². The van der Waals surface area contributed by atoms with E-state index in [4.69, 9.17) is 9.47 Å². The molecule has 0 unspecified atom stereocenters. The summed E-state index contributed by atoms with van der Waals surface area (Å²) in [5.41, 5.74) is 2.59. The van der Waals surface area contributed by atoms with Gasteiger partial charge in [0.1, 0.15) is 11.6 Å². The van der Waals surface area contributed by atoms with E-state index in [1.807, 2.05) is 26.0 Å². The lowest BCUT2D eigenvalue weighted by atomic mass is 9.95. The molecule has 1 aromatic rings. The Bertz CT molecular complexity index is 767. The van der Waals surface area contributed by atoms with Gasteiger partial charge >= 0.3 is 5.97 Å². The van der Waals surface area contributed by atoms with Crippen LogP contribution in [0.1, 0.15) is 49.1 Å². The molecular formula is C21H29N3O4. The molecule has 0 aromatic carbocycles. The first-order chi connectivity index (χ1) is 13.5. The van der Waals surface area contributed by atoms with Crippen LogP contribution in [0.2, 0.25) is 0 Å². The van der Waals surface area contributed by atoms with Gasteiger partial charge in [-0.25, -0.2) is 4.79 Å². The third kappa shape index (κ3) is 5.96. The number of aromatic nitrogens is 1. The standard InChI is InChI=1S/C21H29N3O4/c1-15-11-17(16(2)24(15)9-10-27-3)12-18(13-22)21(26)28-14-20(25)23-19-7-5-4-6-8-19/h11-12,19H,4-10,14H2,1-3H3,(H,23,25). The van der Waals surface area contributed by atoms with Crippen molar-refractivity contribution in [3.05, 3.63) is 28.6 Å². The first-order valence-electron chi connectivity index (χ1n) is 9.70. The number of rotatable bonds is 8.